The third-order valence-electron chi connectivity index (χ3n) is 2.55. The van der Waals surface area contributed by atoms with Crippen LogP contribution in [0, 0.1) is 0 Å². The summed E-state index contributed by atoms with van der Waals surface area (Å²) in [5.41, 5.74) is 7.58. The van der Waals surface area contributed by atoms with Gasteiger partial charge in [0.15, 0.2) is 0 Å². The van der Waals surface area contributed by atoms with Crippen LogP contribution in [0.15, 0.2) is 42.5 Å². The van der Waals surface area contributed by atoms with Crippen molar-refractivity contribution in [1.82, 2.24) is 0 Å². The second-order valence-electron chi connectivity index (χ2n) is 4.09. The van der Waals surface area contributed by atoms with Gasteiger partial charge in [-0.25, -0.2) is 0 Å². The van der Waals surface area contributed by atoms with E-state index in [2.05, 4.69) is 5.32 Å². The summed E-state index contributed by atoms with van der Waals surface area (Å²) in [5.74, 6) is -0.144. The lowest BCUT2D eigenvalue weighted by atomic mass is 10.1. The van der Waals surface area contributed by atoms with E-state index in [0.29, 0.717) is 21.4 Å². The number of hydrogen-bond donors (Lipinski definition) is 2. The molecule has 0 saturated heterocycles. The van der Waals surface area contributed by atoms with Crippen LogP contribution in [-0.4, -0.2) is 5.91 Å². The number of nitrogen functional groups attached to an aromatic ring is 1. The Kier molecular flexibility index (Phi) is 4.30. The Balaban J connectivity index is 2.03. The molecule has 2 aromatic carbocycles. The molecule has 0 fully saturated rings. The van der Waals surface area contributed by atoms with Crippen LogP contribution in [0.5, 0.6) is 0 Å². The van der Waals surface area contributed by atoms with Gasteiger partial charge in [-0.15, -0.1) is 0 Å². The predicted octanol–water partition coefficient (Wildman–Crippen LogP) is 3.76. The van der Waals surface area contributed by atoms with Crippen LogP contribution in [0.3, 0.4) is 0 Å². The summed E-state index contributed by atoms with van der Waals surface area (Å²) < 4.78 is 0. The highest BCUT2D eigenvalue weighted by Crippen LogP contribution is 2.24. The van der Waals surface area contributed by atoms with Crippen LogP contribution < -0.4 is 11.1 Å². The van der Waals surface area contributed by atoms with E-state index in [1.54, 1.807) is 30.3 Å². The SMILES string of the molecule is Nc1ccc(NC(=O)Cc2ccc(Cl)cc2)c(Cl)c1. The van der Waals surface area contributed by atoms with Gasteiger partial charge in [0, 0.05) is 10.7 Å². The summed E-state index contributed by atoms with van der Waals surface area (Å²) in [6.07, 6.45) is 0.262. The molecule has 19 heavy (non-hydrogen) atoms. The normalized spacial score (nSPS) is 10.2. The molecular formula is C14H12Cl2N2O. The van der Waals surface area contributed by atoms with Crippen LogP contribution in [-0.2, 0) is 11.2 Å². The Hall–Kier alpha value is -1.71. The van der Waals surface area contributed by atoms with Crippen molar-refractivity contribution in [2.45, 2.75) is 6.42 Å². The van der Waals surface area contributed by atoms with Gasteiger partial charge >= 0.3 is 0 Å². The van der Waals surface area contributed by atoms with Gasteiger partial charge in [0.25, 0.3) is 0 Å². The molecule has 0 aliphatic rings. The number of carbonyl (C=O) groups is 1. The fourth-order valence-corrected chi connectivity index (χ4v) is 1.98. The van der Waals surface area contributed by atoms with Gasteiger partial charge in [-0.1, -0.05) is 35.3 Å². The summed E-state index contributed by atoms with van der Waals surface area (Å²) >= 11 is 11.8. The molecule has 0 spiro atoms. The maximum absolute atomic E-state index is 11.9. The van der Waals surface area contributed by atoms with Crippen LogP contribution in [0.4, 0.5) is 11.4 Å². The first-order chi connectivity index (χ1) is 9.04. The van der Waals surface area contributed by atoms with Gasteiger partial charge in [0.05, 0.1) is 17.1 Å². The second kappa shape index (κ2) is 5.95. The molecule has 0 unspecified atom stereocenters. The maximum atomic E-state index is 11.9. The van der Waals surface area contributed by atoms with Crippen molar-refractivity contribution in [3.8, 4) is 0 Å². The van der Waals surface area contributed by atoms with Gasteiger partial charge < -0.3 is 11.1 Å². The maximum Gasteiger partial charge on any atom is 0.228 e. The molecule has 0 aliphatic carbocycles. The molecule has 2 aromatic rings. The van der Waals surface area contributed by atoms with Crippen molar-refractivity contribution in [3.05, 3.63) is 58.1 Å². The van der Waals surface area contributed by atoms with Gasteiger partial charge in [-0.05, 0) is 35.9 Å². The van der Waals surface area contributed by atoms with Crippen LogP contribution in [0.2, 0.25) is 10.0 Å². The standard InChI is InChI=1S/C14H12Cl2N2O/c15-10-3-1-9(2-4-10)7-14(19)18-13-6-5-11(17)8-12(13)16/h1-6,8H,7,17H2,(H,18,19). The first kappa shape index (κ1) is 13.7. The zero-order valence-electron chi connectivity index (χ0n) is 9.99. The zero-order valence-corrected chi connectivity index (χ0v) is 11.5. The third kappa shape index (κ3) is 3.88. The molecule has 2 rings (SSSR count). The Morgan fingerprint density at radius 3 is 2.42 bits per heavy atom. The molecular weight excluding hydrogens is 283 g/mol. The first-order valence-electron chi connectivity index (χ1n) is 5.64. The fourth-order valence-electron chi connectivity index (χ4n) is 1.61. The molecule has 3 N–H and O–H groups in total. The lowest BCUT2D eigenvalue weighted by molar-refractivity contribution is -0.115. The number of benzene rings is 2. The molecule has 3 nitrogen and oxygen atoms in total. The van der Waals surface area contributed by atoms with E-state index in [1.807, 2.05) is 12.1 Å². The Labute approximate surface area is 121 Å². The molecule has 0 aliphatic heterocycles. The molecule has 5 heteroatoms. The molecule has 0 radical (unpaired) electrons. The molecule has 98 valence electrons. The van der Waals surface area contributed by atoms with Crippen molar-refractivity contribution >= 4 is 40.5 Å². The number of halogens is 2. The number of carbonyl (C=O) groups excluding carboxylic acids is 1. The van der Waals surface area contributed by atoms with E-state index < -0.39 is 0 Å². The quantitative estimate of drug-likeness (QED) is 0.847. The van der Waals surface area contributed by atoms with E-state index in [-0.39, 0.29) is 12.3 Å². The van der Waals surface area contributed by atoms with Crippen molar-refractivity contribution in [3.63, 3.8) is 0 Å². The minimum Gasteiger partial charge on any atom is -0.399 e. The van der Waals surface area contributed by atoms with E-state index >= 15 is 0 Å². The Morgan fingerprint density at radius 2 is 1.79 bits per heavy atom. The number of nitrogens with one attached hydrogen (secondary N) is 1. The highest BCUT2D eigenvalue weighted by molar-refractivity contribution is 6.34. The smallest absolute Gasteiger partial charge is 0.228 e. The number of nitrogens with two attached hydrogens (primary N) is 1. The number of amides is 1. The summed E-state index contributed by atoms with van der Waals surface area (Å²) in [7, 11) is 0. The summed E-state index contributed by atoms with van der Waals surface area (Å²) in [6, 6.07) is 12.1. The van der Waals surface area contributed by atoms with E-state index in [4.69, 9.17) is 28.9 Å². The summed E-state index contributed by atoms with van der Waals surface area (Å²) in [4.78, 5) is 11.9. The molecule has 0 atom stereocenters. The average molecular weight is 295 g/mol. The summed E-state index contributed by atoms with van der Waals surface area (Å²) in [6.45, 7) is 0. The second-order valence-corrected chi connectivity index (χ2v) is 4.93. The van der Waals surface area contributed by atoms with Crippen molar-refractivity contribution < 1.29 is 4.79 Å². The number of hydrogen-bond acceptors (Lipinski definition) is 2. The first-order valence-corrected chi connectivity index (χ1v) is 6.39. The molecule has 0 heterocycles. The highest BCUT2D eigenvalue weighted by atomic mass is 35.5. The van der Waals surface area contributed by atoms with Crippen LogP contribution in [0.25, 0.3) is 0 Å². The van der Waals surface area contributed by atoms with Crippen molar-refractivity contribution in [2.24, 2.45) is 0 Å². The van der Waals surface area contributed by atoms with Gasteiger partial charge in [-0.3, -0.25) is 4.79 Å². The molecule has 0 bridgehead atoms. The molecule has 1 amide bonds. The van der Waals surface area contributed by atoms with Crippen molar-refractivity contribution in [2.75, 3.05) is 11.1 Å². The monoisotopic (exact) mass is 294 g/mol. The average Bonchev–Trinajstić information content (AvgIpc) is 2.36. The van der Waals surface area contributed by atoms with Gasteiger partial charge in [0.1, 0.15) is 0 Å². The van der Waals surface area contributed by atoms with Crippen LogP contribution in [0.1, 0.15) is 5.56 Å². The Bertz CT molecular complexity index is 597. The zero-order chi connectivity index (χ0) is 13.8. The fraction of sp³-hybridized carbons (Fsp3) is 0.0714. The minimum absolute atomic E-state index is 0.144. The Morgan fingerprint density at radius 1 is 1.11 bits per heavy atom. The van der Waals surface area contributed by atoms with E-state index in [9.17, 15) is 4.79 Å². The van der Waals surface area contributed by atoms with Gasteiger partial charge in [0.2, 0.25) is 5.91 Å². The molecule has 0 saturated carbocycles. The lowest BCUT2D eigenvalue weighted by Gasteiger charge is -2.08. The topological polar surface area (TPSA) is 55.1 Å². The minimum atomic E-state index is -0.144. The highest BCUT2D eigenvalue weighted by Gasteiger charge is 2.07. The number of rotatable bonds is 3. The molecule has 0 aromatic heterocycles. The van der Waals surface area contributed by atoms with E-state index in [0.717, 1.165) is 5.56 Å². The van der Waals surface area contributed by atoms with Crippen molar-refractivity contribution in [1.29, 1.82) is 0 Å². The number of anilines is 2. The summed E-state index contributed by atoms with van der Waals surface area (Å²) in [5, 5.41) is 3.81. The van der Waals surface area contributed by atoms with Gasteiger partial charge in [-0.2, -0.15) is 0 Å². The lowest BCUT2D eigenvalue weighted by Crippen LogP contribution is -2.14. The van der Waals surface area contributed by atoms with Crippen LogP contribution >= 0.6 is 23.2 Å². The predicted molar refractivity (Wildman–Crippen MR) is 79.7 cm³/mol. The largest absolute Gasteiger partial charge is 0.399 e. The van der Waals surface area contributed by atoms with E-state index in [1.165, 1.54) is 0 Å². The third-order valence-corrected chi connectivity index (χ3v) is 3.11.